The van der Waals surface area contributed by atoms with E-state index in [1.807, 2.05) is 76.2 Å². The molecule has 0 amide bonds. The second kappa shape index (κ2) is 11.8. The van der Waals surface area contributed by atoms with Crippen molar-refractivity contribution in [2.24, 2.45) is 0 Å². The monoisotopic (exact) mass is 472 g/mol. The Hall–Kier alpha value is -3.90. The Morgan fingerprint density at radius 1 is 0.382 bits per heavy atom. The molecule has 0 spiro atoms. The zero-order chi connectivity index (χ0) is 25.4. The average Bonchev–Trinajstić information content (AvgIpc) is 2.73. The normalized spacial score (nSPS) is 9.88. The summed E-state index contributed by atoms with van der Waals surface area (Å²) in [6.07, 6.45) is 0. The van der Waals surface area contributed by atoms with Crippen LogP contribution in [-0.2, 0) is 12.5 Å². The molecule has 176 valence electrons. The van der Waals surface area contributed by atoms with Gasteiger partial charge in [0.1, 0.15) is 0 Å². The Balaban J connectivity index is 0.000000224. The van der Waals surface area contributed by atoms with Crippen molar-refractivity contribution in [2.75, 3.05) is 22.9 Å². The minimum absolute atomic E-state index is 0.787. The topological polar surface area (TPSA) is 121 Å². The van der Waals surface area contributed by atoms with Crippen molar-refractivity contribution in [1.29, 1.82) is 0 Å². The van der Waals surface area contributed by atoms with Gasteiger partial charge < -0.3 is 22.9 Å². The van der Waals surface area contributed by atoms with Gasteiger partial charge in [0, 0.05) is 22.7 Å². The highest BCUT2D eigenvalue weighted by atomic mass is 32.1. The fourth-order valence-corrected chi connectivity index (χ4v) is 3.92. The van der Waals surface area contributed by atoms with Gasteiger partial charge in [-0.25, -0.2) is 0 Å². The molecule has 0 fully saturated rings. The second-order valence-corrected chi connectivity index (χ2v) is 8.53. The van der Waals surface area contributed by atoms with Crippen LogP contribution in [0.2, 0.25) is 0 Å². The van der Waals surface area contributed by atoms with E-state index >= 15 is 0 Å². The lowest BCUT2D eigenvalue weighted by Gasteiger charge is -2.07. The lowest BCUT2D eigenvalue weighted by atomic mass is 10.0. The van der Waals surface area contributed by atoms with E-state index < -0.39 is 0 Å². The first-order chi connectivity index (χ1) is 16.1. The molecule has 4 rings (SSSR count). The molecular formula is C28H32N4OS. The van der Waals surface area contributed by atoms with Crippen molar-refractivity contribution in [3.63, 3.8) is 0 Å². The number of anilines is 4. The van der Waals surface area contributed by atoms with E-state index in [0.717, 1.165) is 67.3 Å². The molecular weight excluding hydrogens is 440 g/mol. The number of hydrogen-bond donors (Lipinski definition) is 4. The summed E-state index contributed by atoms with van der Waals surface area (Å²) in [6.45, 7) is 8.16. The van der Waals surface area contributed by atoms with Gasteiger partial charge in [0.2, 0.25) is 0 Å². The molecule has 0 radical (unpaired) electrons. The summed E-state index contributed by atoms with van der Waals surface area (Å²) in [7, 11) is 0. The largest absolute Gasteiger partial charge is 0.399 e. The van der Waals surface area contributed by atoms with Crippen molar-refractivity contribution < 1.29 is 4.21 Å². The maximum absolute atomic E-state index is 7.83. The molecule has 0 aromatic heterocycles. The summed E-state index contributed by atoms with van der Waals surface area (Å²) in [6, 6.07) is 24.2. The number of nitrogen functional groups attached to an aromatic ring is 4. The van der Waals surface area contributed by atoms with Gasteiger partial charge in [-0.2, -0.15) is 4.21 Å². The van der Waals surface area contributed by atoms with Crippen LogP contribution >= 0.6 is 0 Å². The van der Waals surface area contributed by atoms with E-state index in [0.29, 0.717) is 0 Å². The molecule has 6 heteroatoms. The van der Waals surface area contributed by atoms with Gasteiger partial charge >= 0.3 is 0 Å². The van der Waals surface area contributed by atoms with Gasteiger partial charge in [-0.05, 0) is 121 Å². The van der Waals surface area contributed by atoms with Gasteiger partial charge in [0.05, 0.1) is 0 Å². The molecule has 0 aliphatic rings. The molecule has 34 heavy (non-hydrogen) atoms. The first-order valence-corrected chi connectivity index (χ1v) is 11.1. The maximum Gasteiger partial charge on any atom is 0.197 e. The van der Waals surface area contributed by atoms with E-state index in [4.69, 9.17) is 27.1 Å². The first kappa shape index (κ1) is 26.4. The quantitative estimate of drug-likeness (QED) is 0.268. The van der Waals surface area contributed by atoms with Crippen LogP contribution in [0.25, 0.3) is 22.3 Å². The lowest BCUT2D eigenvalue weighted by Crippen LogP contribution is -1.90. The van der Waals surface area contributed by atoms with E-state index in [9.17, 15) is 0 Å². The Morgan fingerprint density at radius 3 is 0.706 bits per heavy atom. The number of rotatable bonds is 2. The van der Waals surface area contributed by atoms with Crippen LogP contribution in [0.1, 0.15) is 22.3 Å². The van der Waals surface area contributed by atoms with Gasteiger partial charge in [0.25, 0.3) is 0 Å². The Bertz CT molecular complexity index is 1010. The average molecular weight is 473 g/mol. The molecule has 0 bridgehead atoms. The molecule has 0 atom stereocenters. The van der Waals surface area contributed by atoms with Crippen LogP contribution in [-0.4, -0.2) is 4.21 Å². The van der Waals surface area contributed by atoms with Crippen LogP contribution in [0.4, 0.5) is 22.7 Å². The molecule has 0 aliphatic carbocycles. The smallest absolute Gasteiger partial charge is 0.197 e. The minimum atomic E-state index is 0.787. The highest BCUT2D eigenvalue weighted by Gasteiger charge is 2.03. The highest BCUT2D eigenvalue weighted by Crippen LogP contribution is 2.27. The van der Waals surface area contributed by atoms with Crippen LogP contribution in [0, 0.1) is 27.7 Å². The molecule has 0 saturated heterocycles. The maximum atomic E-state index is 7.83. The van der Waals surface area contributed by atoms with Gasteiger partial charge in [-0.3, -0.25) is 0 Å². The predicted octanol–water partition coefficient (Wildman–Crippen LogP) is 5.93. The van der Waals surface area contributed by atoms with Gasteiger partial charge in [0.15, 0.2) is 12.5 Å². The Morgan fingerprint density at radius 2 is 0.559 bits per heavy atom. The number of hydrogen-bond acceptors (Lipinski definition) is 6. The van der Waals surface area contributed by atoms with Crippen molar-refractivity contribution in [1.82, 2.24) is 0 Å². The van der Waals surface area contributed by atoms with Crippen LogP contribution < -0.4 is 22.9 Å². The molecule has 4 aromatic carbocycles. The summed E-state index contributed by atoms with van der Waals surface area (Å²) < 4.78 is 7.83. The first-order valence-electron chi connectivity index (χ1n) is 10.7. The van der Waals surface area contributed by atoms with Gasteiger partial charge in [-0.1, -0.05) is 24.3 Å². The third kappa shape index (κ3) is 7.60. The van der Waals surface area contributed by atoms with Crippen molar-refractivity contribution in [3.05, 3.63) is 95.1 Å². The Labute approximate surface area is 207 Å². The fraction of sp³-hybridized carbons (Fsp3) is 0.143. The number of benzene rings is 4. The summed E-state index contributed by atoms with van der Waals surface area (Å²) in [5.74, 6) is 0. The van der Waals surface area contributed by atoms with Crippen LogP contribution in [0.3, 0.4) is 0 Å². The van der Waals surface area contributed by atoms with Crippen LogP contribution in [0.5, 0.6) is 0 Å². The standard InChI is InChI=1S/2C14H16N2.OS/c2*1-9-3-11(7-13(15)5-9)12-4-10(2)6-14(16)8-12;1-2/h2*3-8H,15-16H2,1-2H3;. The molecule has 0 aliphatic heterocycles. The van der Waals surface area contributed by atoms with Crippen molar-refractivity contribution in [3.8, 4) is 22.3 Å². The van der Waals surface area contributed by atoms with E-state index in [-0.39, 0.29) is 0 Å². The lowest BCUT2D eigenvalue weighted by molar-refractivity contribution is 0.702. The summed E-state index contributed by atoms with van der Waals surface area (Å²) >= 11 is 2.83. The zero-order valence-corrected chi connectivity index (χ0v) is 20.9. The SMILES string of the molecule is Cc1cc(N)cc(-c2cc(C)cc(N)c2)c1.Cc1cc(N)cc(-c2cc(C)cc(N)c2)c1.O=S. The zero-order valence-electron chi connectivity index (χ0n) is 20.1. The molecule has 0 heterocycles. The van der Waals surface area contributed by atoms with Crippen molar-refractivity contribution >= 4 is 35.3 Å². The molecule has 4 aromatic rings. The third-order valence-electron chi connectivity index (χ3n) is 5.07. The summed E-state index contributed by atoms with van der Waals surface area (Å²) in [5, 5.41) is 0. The third-order valence-corrected chi connectivity index (χ3v) is 5.07. The fourth-order valence-electron chi connectivity index (χ4n) is 3.92. The van der Waals surface area contributed by atoms with Crippen LogP contribution in [0.15, 0.2) is 72.8 Å². The number of nitrogens with two attached hydrogens (primary N) is 4. The number of aryl methyl sites for hydroxylation is 4. The summed E-state index contributed by atoms with van der Waals surface area (Å²) in [4.78, 5) is 0. The van der Waals surface area contributed by atoms with E-state index in [1.165, 1.54) is 0 Å². The molecule has 0 saturated carbocycles. The van der Waals surface area contributed by atoms with E-state index in [1.54, 1.807) is 0 Å². The predicted molar refractivity (Wildman–Crippen MR) is 148 cm³/mol. The van der Waals surface area contributed by atoms with Crippen molar-refractivity contribution in [2.45, 2.75) is 27.7 Å². The molecule has 8 N–H and O–H groups in total. The van der Waals surface area contributed by atoms with E-state index in [2.05, 4.69) is 36.8 Å². The Kier molecular flexibility index (Phi) is 9.16. The minimum Gasteiger partial charge on any atom is -0.399 e. The summed E-state index contributed by atoms with van der Waals surface area (Å²) in [5.41, 5.74) is 35.6. The highest BCUT2D eigenvalue weighted by molar-refractivity contribution is 7.44. The van der Waals surface area contributed by atoms with Gasteiger partial charge in [-0.15, -0.1) is 0 Å². The second-order valence-electron chi connectivity index (χ2n) is 8.53. The molecule has 5 nitrogen and oxygen atoms in total. The molecule has 0 unspecified atom stereocenters.